The van der Waals surface area contributed by atoms with Crippen molar-refractivity contribution < 1.29 is 9.59 Å². The second kappa shape index (κ2) is 12.5. The van der Waals surface area contributed by atoms with Crippen molar-refractivity contribution in [2.45, 2.75) is 64.2 Å². The van der Waals surface area contributed by atoms with Crippen LogP contribution in [0.1, 0.15) is 62.5 Å². The average Bonchev–Trinajstić information content (AvgIpc) is 3.48. The van der Waals surface area contributed by atoms with Crippen molar-refractivity contribution >= 4 is 52.2 Å². The molecule has 2 aliphatic heterocycles. The van der Waals surface area contributed by atoms with Crippen LogP contribution in [-0.2, 0) is 22.4 Å². The third kappa shape index (κ3) is 6.99. The van der Waals surface area contributed by atoms with Crippen molar-refractivity contribution in [2.75, 3.05) is 29.0 Å². The van der Waals surface area contributed by atoms with E-state index in [0.717, 1.165) is 61.4 Å². The first kappa shape index (κ1) is 27.5. The molecule has 2 amide bonds. The van der Waals surface area contributed by atoms with E-state index in [1.165, 1.54) is 31.2 Å². The molecule has 1 saturated heterocycles. The van der Waals surface area contributed by atoms with Gasteiger partial charge in [0.05, 0.1) is 6.20 Å². The van der Waals surface area contributed by atoms with Crippen molar-refractivity contribution in [3.8, 4) is 0 Å². The van der Waals surface area contributed by atoms with Gasteiger partial charge in [0, 0.05) is 43.0 Å². The molecule has 6 rings (SSSR count). The molecule has 2 fully saturated rings. The van der Waals surface area contributed by atoms with Crippen LogP contribution in [-0.4, -0.2) is 39.8 Å². The molecule has 3 aliphatic rings. The number of halogens is 1. The third-order valence-corrected chi connectivity index (χ3v) is 8.91. The van der Waals surface area contributed by atoms with Gasteiger partial charge in [0.25, 0.3) is 0 Å². The Hall–Kier alpha value is -3.65. The molecular formula is C32H37ClN6O2. The van der Waals surface area contributed by atoms with Crippen LogP contribution in [0, 0.1) is 11.8 Å². The van der Waals surface area contributed by atoms with Gasteiger partial charge in [-0.2, -0.15) is 4.98 Å². The molecule has 0 radical (unpaired) electrons. The number of likely N-dealkylation sites (tertiary alicyclic amines) is 1. The van der Waals surface area contributed by atoms with Gasteiger partial charge in [-0.1, -0.05) is 36.6 Å². The molecule has 8 nitrogen and oxygen atoms in total. The molecule has 1 aliphatic carbocycles. The first-order chi connectivity index (χ1) is 20.0. The van der Waals surface area contributed by atoms with Crippen molar-refractivity contribution in [1.82, 2.24) is 14.9 Å². The Morgan fingerprint density at radius 1 is 0.927 bits per heavy atom. The summed E-state index contributed by atoms with van der Waals surface area (Å²) in [6.07, 6.45) is 11.0. The first-order valence-electron chi connectivity index (χ1n) is 14.8. The van der Waals surface area contributed by atoms with E-state index in [2.05, 4.69) is 44.1 Å². The number of anilines is 5. The van der Waals surface area contributed by atoms with E-state index in [4.69, 9.17) is 11.6 Å². The fraction of sp³-hybridized carbons (Fsp3) is 0.438. The molecule has 214 valence electrons. The lowest BCUT2D eigenvalue weighted by molar-refractivity contribution is -0.133. The van der Waals surface area contributed by atoms with Gasteiger partial charge in [-0.25, -0.2) is 4.98 Å². The van der Waals surface area contributed by atoms with E-state index >= 15 is 0 Å². The molecule has 41 heavy (non-hydrogen) atoms. The van der Waals surface area contributed by atoms with Crippen LogP contribution in [0.5, 0.6) is 0 Å². The van der Waals surface area contributed by atoms with Crippen molar-refractivity contribution in [3.63, 3.8) is 0 Å². The third-order valence-electron chi connectivity index (χ3n) is 8.63. The van der Waals surface area contributed by atoms with Crippen LogP contribution in [0.4, 0.5) is 28.8 Å². The standard InChI is InChI=1S/C32H37ClN6O2/c33-27-20-34-32-36-25-7-3-6-22(16-25)8-9-24-19-26(35-31(27)38-32)10-11-28(24)37-29(40)17-23-12-14-39(15-13-23)30(41)18-21-4-1-2-5-21/h3,6-7,10-11,16,19-21,23H,1-2,4-5,8-9,12-15,17-18H2,(H,37,40)(H2,34,35,36,38). The summed E-state index contributed by atoms with van der Waals surface area (Å²) in [4.78, 5) is 36.8. The number of hydrogen-bond donors (Lipinski definition) is 3. The van der Waals surface area contributed by atoms with Gasteiger partial charge >= 0.3 is 0 Å². The summed E-state index contributed by atoms with van der Waals surface area (Å²) >= 11 is 6.40. The van der Waals surface area contributed by atoms with Crippen LogP contribution in [0.15, 0.2) is 48.7 Å². The number of amides is 2. The summed E-state index contributed by atoms with van der Waals surface area (Å²) in [6, 6.07) is 14.1. The summed E-state index contributed by atoms with van der Waals surface area (Å²) in [5.74, 6) is 2.16. The molecule has 9 heteroatoms. The maximum Gasteiger partial charge on any atom is 0.229 e. The van der Waals surface area contributed by atoms with Crippen LogP contribution in [0.25, 0.3) is 0 Å². The highest BCUT2D eigenvalue weighted by Crippen LogP contribution is 2.31. The van der Waals surface area contributed by atoms with E-state index in [1.807, 2.05) is 29.2 Å². The smallest absolute Gasteiger partial charge is 0.229 e. The summed E-state index contributed by atoms with van der Waals surface area (Å²) in [5, 5.41) is 10.2. The van der Waals surface area contributed by atoms with Gasteiger partial charge < -0.3 is 20.9 Å². The molecule has 0 atom stereocenters. The van der Waals surface area contributed by atoms with E-state index in [1.54, 1.807) is 6.20 Å². The monoisotopic (exact) mass is 572 g/mol. The molecule has 2 aromatic carbocycles. The van der Waals surface area contributed by atoms with E-state index in [0.29, 0.717) is 47.4 Å². The number of rotatable bonds is 5. The number of hydrogen-bond acceptors (Lipinski definition) is 6. The highest BCUT2D eigenvalue weighted by molar-refractivity contribution is 6.32. The summed E-state index contributed by atoms with van der Waals surface area (Å²) in [5.41, 5.74) is 4.78. The van der Waals surface area contributed by atoms with Crippen LogP contribution in [0.3, 0.4) is 0 Å². The Kier molecular flexibility index (Phi) is 8.37. The first-order valence-corrected chi connectivity index (χ1v) is 15.2. The van der Waals surface area contributed by atoms with Crippen LogP contribution < -0.4 is 16.0 Å². The summed E-state index contributed by atoms with van der Waals surface area (Å²) in [6.45, 7) is 1.52. The van der Waals surface area contributed by atoms with E-state index in [9.17, 15) is 9.59 Å². The normalized spacial score (nSPS) is 17.4. The minimum Gasteiger partial charge on any atom is -0.343 e. The Morgan fingerprint density at radius 2 is 1.71 bits per heavy atom. The lowest BCUT2D eigenvalue weighted by Crippen LogP contribution is -2.39. The summed E-state index contributed by atoms with van der Waals surface area (Å²) < 4.78 is 0. The van der Waals surface area contributed by atoms with Gasteiger partial charge in [-0.15, -0.1) is 0 Å². The minimum absolute atomic E-state index is 0.0234. The molecular weight excluding hydrogens is 536 g/mol. The predicted octanol–water partition coefficient (Wildman–Crippen LogP) is 6.86. The Bertz CT molecular complexity index is 1420. The lowest BCUT2D eigenvalue weighted by Gasteiger charge is -2.32. The predicted molar refractivity (Wildman–Crippen MR) is 163 cm³/mol. The summed E-state index contributed by atoms with van der Waals surface area (Å²) in [7, 11) is 0. The lowest BCUT2D eigenvalue weighted by atomic mass is 9.92. The van der Waals surface area contributed by atoms with Gasteiger partial charge in [0.1, 0.15) is 5.02 Å². The van der Waals surface area contributed by atoms with Crippen LogP contribution >= 0.6 is 11.6 Å². The van der Waals surface area contributed by atoms with Gasteiger partial charge in [-0.3, -0.25) is 9.59 Å². The maximum absolute atomic E-state index is 13.2. The molecule has 0 spiro atoms. The average molecular weight is 573 g/mol. The zero-order valence-corrected chi connectivity index (χ0v) is 24.1. The number of carbonyl (C=O) groups is 2. The number of aromatic nitrogens is 2. The Labute approximate surface area is 246 Å². The highest BCUT2D eigenvalue weighted by Gasteiger charge is 2.27. The molecule has 3 N–H and O–H groups in total. The quantitative estimate of drug-likeness (QED) is 0.309. The fourth-order valence-corrected chi connectivity index (χ4v) is 6.44. The molecule has 3 heterocycles. The Balaban J connectivity index is 1.11. The number of fused-ring (bicyclic) bond motifs is 6. The SMILES string of the molecule is O=C(CC1CCN(C(=O)CC2CCCC2)CC1)Nc1ccc2cc1CCc1cccc(c1)Nc1ncc(Cl)c(n1)N2. The number of nitrogens with zero attached hydrogens (tertiary/aromatic N) is 3. The Morgan fingerprint density at radius 3 is 2.54 bits per heavy atom. The largest absolute Gasteiger partial charge is 0.343 e. The second-order valence-electron chi connectivity index (χ2n) is 11.6. The fourth-order valence-electron chi connectivity index (χ4n) is 6.31. The number of nitrogens with one attached hydrogen (secondary N) is 3. The zero-order valence-electron chi connectivity index (χ0n) is 23.3. The topological polar surface area (TPSA) is 99.3 Å². The van der Waals surface area contributed by atoms with Gasteiger partial charge in [-0.05, 0) is 91.8 Å². The van der Waals surface area contributed by atoms with E-state index < -0.39 is 0 Å². The number of piperidine rings is 1. The van der Waals surface area contributed by atoms with Gasteiger partial charge in [0.2, 0.25) is 17.8 Å². The number of benzene rings is 2. The molecule has 3 aromatic rings. The maximum atomic E-state index is 13.2. The second-order valence-corrected chi connectivity index (χ2v) is 12.1. The number of aryl methyl sites for hydroxylation is 2. The minimum atomic E-state index is 0.0234. The highest BCUT2D eigenvalue weighted by atomic mass is 35.5. The molecule has 1 saturated carbocycles. The molecule has 0 unspecified atom stereocenters. The van der Waals surface area contributed by atoms with Crippen LogP contribution in [0.2, 0.25) is 5.02 Å². The van der Waals surface area contributed by atoms with E-state index in [-0.39, 0.29) is 5.91 Å². The van der Waals surface area contributed by atoms with Crippen molar-refractivity contribution in [2.24, 2.45) is 11.8 Å². The van der Waals surface area contributed by atoms with Crippen molar-refractivity contribution in [3.05, 3.63) is 64.8 Å². The number of carbonyl (C=O) groups excluding carboxylic acids is 2. The molecule has 6 bridgehead atoms. The molecule has 1 aromatic heterocycles. The van der Waals surface area contributed by atoms with Gasteiger partial charge in [0.15, 0.2) is 5.82 Å². The van der Waals surface area contributed by atoms with Crippen molar-refractivity contribution in [1.29, 1.82) is 0 Å². The zero-order chi connectivity index (χ0) is 28.2.